The van der Waals surface area contributed by atoms with Gasteiger partial charge in [0.1, 0.15) is 16.6 Å². The van der Waals surface area contributed by atoms with Crippen LogP contribution in [0.2, 0.25) is 0 Å². The summed E-state index contributed by atoms with van der Waals surface area (Å²) in [6.45, 7) is 3.17. The van der Waals surface area contributed by atoms with E-state index in [-0.39, 0.29) is 10.6 Å². The highest BCUT2D eigenvalue weighted by Gasteiger charge is 2.28. The minimum atomic E-state index is -4.04. The van der Waals surface area contributed by atoms with Crippen LogP contribution in [-0.2, 0) is 19.6 Å². The number of methoxy groups -OCH3 is 1. The molecule has 2 N–H and O–H groups in total. The number of carboxylic acid groups (broad SMARTS) is 1. The van der Waals surface area contributed by atoms with Crippen molar-refractivity contribution in [1.29, 1.82) is 0 Å². The van der Waals surface area contributed by atoms with Gasteiger partial charge in [-0.05, 0) is 18.1 Å². The fourth-order valence-electron chi connectivity index (χ4n) is 1.47. The molecule has 0 saturated heterocycles. The second-order valence-electron chi connectivity index (χ2n) is 4.55. The predicted octanol–water partition coefficient (Wildman–Crippen LogP) is 0.256. The lowest BCUT2D eigenvalue weighted by Crippen LogP contribution is -2.44. The molecule has 0 fully saturated rings. The van der Waals surface area contributed by atoms with E-state index in [2.05, 4.69) is 14.4 Å². The molecular weight excluding hydrogens is 300 g/mol. The van der Waals surface area contributed by atoms with Crippen molar-refractivity contribution < 1.29 is 27.9 Å². The number of pyridine rings is 1. The van der Waals surface area contributed by atoms with E-state index in [1.165, 1.54) is 13.2 Å². The molecule has 1 aromatic heterocycles. The van der Waals surface area contributed by atoms with E-state index in [0.29, 0.717) is 0 Å². The number of carbonyl (C=O) groups excluding carboxylic acids is 1. The van der Waals surface area contributed by atoms with Gasteiger partial charge in [-0.2, -0.15) is 4.72 Å². The molecule has 1 atom stereocenters. The van der Waals surface area contributed by atoms with Gasteiger partial charge >= 0.3 is 11.9 Å². The Balaban J connectivity index is 3.03. The van der Waals surface area contributed by atoms with Crippen molar-refractivity contribution in [2.45, 2.75) is 24.8 Å². The Morgan fingerprint density at radius 2 is 1.95 bits per heavy atom. The third-order valence-electron chi connectivity index (χ3n) is 2.66. The van der Waals surface area contributed by atoms with Gasteiger partial charge < -0.3 is 9.84 Å². The lowest BCUT2D eigenvalue weighted by Gasteiger charge is -2.17. The predicted molar refractivity (Wildman–Crippen MR) is 72.2 cm³/mol. The number of sulfonamides is 1. The highest BCUT2D eigenvalue weighted by molar-refractivity contribution is 7.89. The molecule has 0 radical (unpaired) electrons. The molecule has 0 aromatic carbocycles. The lowest BCUT2D eigenvalue weighted by atomic mass is 10.1. The summed E-state index contributed by atoms with van der Waals surface area (Å²) in [5, 5.41) is 9.00. The summed E-state index contributed by atoms with van der Waals surface area (Å²) in [6.07, 6.45) is 0.966. The monoisotopic (exact) mass is 316 g/mol. The maximum absolute atomic E-state index is 12.1. The van der Waals surface area contributed by atoms with Crippen LogP contribution in [0.5, 0.6) is 0 Å². The van der Waals surface area contributed by atoms with Crippen LogP contribution in [0.3, 0.4) is 0 Å². The quantitative estimate of drug-likeness (QED) is 0.721. The lowest BCUT2D eigenvalue weighted by molar-refractivity contribution is -0.140. The van der Waals surface area contributed by atoms with Crippen molar-refractivity contribution in [2.24, 2.45) is 5.92 Å². The van der Waals surface area contributed by atoms with E-state index in [1.54, 1.807) is 13.8 Å². The van der Waals surface area contributed by atoms with E-state index in [0.717, 1.165) is 12.3 Å². The minimum Gasteiger partial charge on any atom is -0.480 e. The first-order valence-corrected chi connectivity index (χ1v) is 7.47. The Morgan fingerprint density at radius 1 is 1.33 bits per heavy atom. The standard InChI is InChI=1S/C12H16N2O6S/c1-7(2)10(11(15)16)14-21(18,19)8-4-5-9(13-6-8)12(17)20-3/h4-7,10,14H,1-3H3,(H,15,16)/t10-/m0/s1. The first-order valence-electron chi connectivity index (χ1n) is 5.98. The number of esters is 1. The number of carbonyl (C=O) groups is 2. The van der Waals surface area contributed by atoms with Crippen LogP contribution in [0, 0.1) is 5.92 Å². The Bertz CT molecular complexity index is 624. The van der Waals surface area contributed by atoms with Crippen molar-refractivity contribution >= 4 is 22.0 Å². The molecule has 0 amide bonds. The summed E-state index contributed by atoms with van der Waals surface area (Å²) >= 11 is 0. The summed E-state index contributed by atoms with van der Waals surface area (Å²) in [7, 11) is -2.87. The maximum atomic E-state index is 12.1. The van der Waals surface area contributed by atoms with Crippen LogP contribution in [0.4, 0.5) is 0 Å². The van der Waals surface area contributed by atoms with Gasteiger partial charge in [-0.1, -0.05) is 13.8 Å². The zero-order valence-corrected chi connectivity index (χ0v) is 12.5. The van der Waals surface area contributed by atoms with Crippen molar-refractivity contribution in [1.82, 2.24) is 9.71 Å². The maximum Gasteiger partial charge on any atom is 0.356 e. The number of aliphatic carboxylic acids is 1. The van der Waals surface area contributed by atoms with Gasteiger partial charge in [0, 0.05) is 6.20 Å². The molecule has 1 aromatic rings. The third kappa shape index (κ3) is 4.23. The Kier molecular flexibility index (Phi) is 5.39. The molecule has 21 heavy (non-hydrogen) atoms. The molecule has 9 heteroatoms. The number of nitrogens with one attached hydrogen (secondary N) is 1. The molecular formula is C12H16N2O6S. The van der Waals surface area contributed by atoms with Crippen molar-refractivity contribution in [3.63, 3.8) is 0 Å². The van der Waals surface area contributed by atoms with Crippen LogP contribution in [0.1, 0.15) is 24.3 Å². The Labute approximate surface area is 122 Å². The van der Waals surface area contributed by atoms with Crippen molar-refractivity contribution in [3.05, 3.63) is 24.0 Å². The van der Waals surface area contributed by atoms with E-state index in [9.17, 15) is 18.0 Å². The number of nitrogens with zero attached hydrogens (tertiary/aromatic N) is 1. The fourth-order valence-corrected chi connectivity index (χ4v) is 2.75. The van der Waals surface area contributed by atoms with Gasteiger partial charge in [0.2, 0.25) is 10.0 Å². The smallest absolute Gasteiger partial charge is 0.356 e. The first-order chi connectivity index (χ1) is 9.69. The SMILES string of the molecule is COC(=O)c1ccc(S(=O)(=O)N[C@H](C(=O)O)C(C)C)cn1. The zero-order chi connectivity index (χ0) is 16.2. The number of carboxylic acids is 1. The van der Waals surface area contributed by atoms with Gasteiger partial charge in [-0.3, -0.25) is 4.79 Å². The highest BCUT2D eigenvalue weighted by Crippen LogP contribution is 2.12. The number of ether oxygens (including phenoxy) is 1. The van der Waals surface area contributed by atoms with Gasteiger partial charge in [0.15, 0.2) is 0 Å². The second kappa shape index (κ2) is 6.64. The molecule has 0 aliphatic heterocycles. The van der Waals surface area contributed by atoms with Crippen LogP contribution in [0.15, 0.2) is 23.2 Å². The van der Waals surface area contributed by atoms with Crippen LogP contribution >= 0.6 is 0 Å². The van der Waals surface area contributed by atoms with Crippen molar-refractivity contribution in [3.8, 4) is 0 Å². The van der Waals surface area contributed by atoms with E-state index in [4.69, 9.17) is 5.11 Å². The average molecular weight is 316 g/mol. The zero-order valence-electron chi connectivity index (χ0n) is 11.7. The summed E-state index contributed by atoms with van der Waals surface area (Å²) in [5.74, 6) is -2.40. The molecule has 0 unspecified atom stereocenters. The molecule has 1 heterocycles. The molecule has 8 nitrogen and oxygen atoms in total. The topological polar surface area (TPSA) is 123 Å². The Hall–Kier alpha value is -2.00. The number of hydrogen-bond acceptors (Lipinski definition) is 6. The van der Waals surface area contributed by atoms with E-state index < -0.39 is 33.9 Å². The second-order valence-corrected chi connectivity index (χ2v) is 6.27. The summed E-state index contributed by atoms with van der Waals surface area (Å²) in [5.41, 5.74) is -0.0462. The molecule has 0 aliphatic rings. The number of hydrogen-bond donors (Lipinski definition) is 2. The third-order valence-corrected chi connectivity index (χ3v) is 4.08. The summed E-state index contributed by atoms with van der Waals surface area (Å²) in [4.78, 5) is 25.7. The number of rotatable bonds is 6. The summed E-state index contributed by atoms with van der Waals surface area (Å²) in [6, 6.07) is 1.09. The molecule has 0 aliphatic carbocycles. The number of aromatic nitrogens is 1. The average Bonchev–Trinajstić information content (AvgIpc) is 2.43. The van der Waals surface area contributed by atoms with Gasteiger partial charge in [-0.15, -0.1) is 0 Å². The molecule has 0 saturated carbocycles. The first kappa shape index (κ1) is 17.1. The molecule has 116 valence electrons. The van der Waals surface area contributed by atoms with E-state index >= 15 is 0 Å². The van der Waals surface area contributed by atoms with Gasteiger partial charge in [-0.25, -0.2) is 18.2 Å². The van der Waals surface area contributed by atoms with Crippen LogP contribution in [-0.4, -0.2) is 43.6 Å². The molecule has 0 bridgehead atoms. The fraction of sp³-hybridized carbons (Fsp3) is 0.417. The molecule has 0 spiro atoms. The van der Waals surface area contributed by atoms with Crippen molar-refractivity contribution in [2.75, 3.05) is 7.11 Å². The van der Waals surface area contributed by atoms with Gasteiger partial charge in [0.05, 0.1) is 7.11 Å². The molecule has 1 rings (SSSR count). The largest absolute Gasteiger partial charge is 0.480 e. The normalized spacial score (nSPS) is 13.0. The van der Waals surface area contributed by atoms with Crippen LogP contribution < -0.4 is 4.72 Å². The highest BCUT2D eigenvalue weighted by atomic mass is 32.2. The summed E-state index contributed by atoms with van der Waals surface area (Å²) < 4.78 is 30.7. The Morgan fingerprint density at radius 3 is 2.33 bits per heavy atom. The van der Waals surface area contributed by atoms with Crippen LogP contribution in [0.25, 0.3) is 0 Å². The minimum absolute atomic E-state index is 0.0462. The van der Waals surface area contributed by atoms with Gasteiger partial charge in [0.25, 0.3) is 0 Å². The van der Waals surface area contributed by atoms with E-state index in [1.807, 2.05) is 0 Å².